The first-order valence-electron chi connectivity index (χ1n) is 5.11. The lowest BCUT2D eigenvalue weighted by atomic mass is 10.4. The molecule has 0 atom stereocenters. The van der Waals surface area contributed by atoms with Gasteiger partial charge in [0.15, 0.2) is 0 Å². The Balaban J connectivity index is 1.61. The van der Waals surface area contributed by atoms with E-state index in [0.29, 0.717) is 11.9 Å². The van der Waals surface area contributed by atoms with Crippen molar-refractivity contribution < 1.29 is 4.42 Å². The molecule has 0 aromatic carbocycles. The molecule has 1 N–H and O–H groups in total. The highest BCUT2D eigenvalue weighted by Crippen LogP contribution is 2.39. The van der Waals surface area contributed by atoms with E-state index in [2.05, 4.69) is 42.9 Å². The monoisotopic (exact) mass is 299 g/mol. The fourth-order valence-electron chi connectivity index (χ4n) is 1.41. The van der Waals surface area contributed by atoms with Crippen molar-refractivity contribution in [2.24, 2.45) is 0 Å². The van der Waals surface area contributed by atoms with E-state index in [1.807, 2.05) is 0 Å². The van der Waals surface area contributed by atoms with Crippen LogP contribution < -0.4 is 5.32 Å². The molecule has 2 aromatic rings. The smallest absolute Gasteiger partial charge is 0.315 e. The van der Waals surface area contributed by atoms with Gasteiger partial charge in [0.25, 0.3) is 0 Å². The average molecular weight is 300 g/mol. The summed E-state index contributed by atoms with van der Waals surface area (Å²) in [6.07, 6.45) is 2.36. The molecule has 0 radical (unpaired) electrons. The lowest BCUT2D eigenvalue weighted by molar-refractivity contribution is 0.507. The van der Waals surface area contributed by atoms with Crippen LogP contribution in [0, 0.1) is 0 Å². The summed E-state index contributed by atoms with van der Waals surface area (Å²) in [7, 11) is 0. The summed E-state index contributed by atoms with van der Waals surface area (Å²) in [5.74, 6) is 1.29. The van der Waals surface area contributed by atoms with Gasteiger partial charge >= 0.3 is 6.01 Å². The second-order valence-electron chi connectivity index (χ2n) is 3.80. The van der Waals surface area contributed by atoms with Crippen LogP contribution in [0.2, 0.25) is 0 Å². The van der Waals surface area contributed by atoms with E-state index >= 15 is 0 Å². The van der Waals surface area contributed by atoms with Crippen LogP contribution in [0.5, 0.6) is 0 Å². The Labute approximate surface area is 105 Å². The molecule has 1 aliphatic rings. The molecule has 2 heterocycles. The molecule has 16 heavy (non-hydrogen) atoms. The summed E-state index contributed by atoms with van der Waals surface area (Å²) in [4.78, 5) is 1.23. The van der Waals surface area contributed by atoms with Gasteiger partial charge in [-0.25, -0.2) is 0 Å². The topological polar surface area (TPSA) is 51.0 Å². The molecule has 6 heteroatoms. The lowest BCUT2D eigenvalue weighted by Crippen LogP contribution is -1.97. The number of aromatic nitrogens is 2. The van der Waals surface area contributed by atoms with Crippen molar-refractivity contribution in [2.45, 2.75) is 25.3 Å². The molecular weight excluding hydrogens is 290 g/mol. The van der Waals surface area contributed by atoms with Gasteiger partial charge < -0.3 is 9.73 Å². The van der Waals surface area contributed by atoms with E-state index in [9.17, 15) is 0 Å². The van der Waals surface area contributed by atoms with Crippen LogP contribution in [0.4, 0.5) is 6.01 Å². The number of thiophene rings is 1. The Bertz CT molecular complexity index is 492. The SMILES string of the molecule is Brc1csc(CNc2nnc(C3CC3)o2)c1. The Kier molecular flexibility index (Phi) is 2.69. The Morgan fingerprint density at radius 1 is 1.50 bits per heavy atom. The van der Waals surface area contributed by atoms with Crippen LogP contribution in [0.1, 0.15) is 29.5 Å². The third kappa shape index (κ3) is 2.27. The van der Waals surface area contributed by atoms with Crippen molar-refractivity contribution in [3.8, 4) is 0 Å². The Morgan fingerprint density at radius 3 is 3.06 bits per heavy atom. The first-order valence-corrected chi connectivity index (χ1v) is 6.79. The predicted octanol–water partition coefficient (Wildman–Crippen LogP) is 3.38. The number of nitrogens with zero attached hydrogens (tertiary/aromatic N) is 2. The maximum Gasteiger partial charge on any atom is 0.315 e. The molecule has 3 rings (SSSR count). The molecular formula is C10H10BrN3OS. The molecule has 0 saturated heterocycles. The standard InChI is InChI=1S/C10H10BrN3OS/c11-7-3-8(16-5-7)4-12-10-14-13-9(15-10)6-1-2-6/h3,5-6H,1-2,4H2,(H,12,14). The largest absolute Gasteiger partial charge is 0.408 e. The maximum absolute atomic E-state index is 5.50. The van der Waals surface area contributed by atoms with Crippen molar-refractivity contribution in [1.29, 1.82) is 0 Å². The van der Waals surface area contributed by atoms with Crippen LogP contribution in [0.25, 0.3) is 0 Å². The van der Waals surface area contributed by atoms with Crippen LogP contribution in [0.3, 0.4) is 0 Å². The number of anilines is 1. The van der Waals surface area contributed by atoms with Crippen LogP contribution in [-0.4, -0.2) is 10.2 Å². The average Bonchev–Trinajstić information content (AvgIpc) is 2.87. The minimum Gasteiger partial charge on any atom is -0.408 e. The molecule has 0 aliphatic heterocycles. The zero-order valence-electron chi connectivity index (χ0n) is 8.44. The van der Waals surface area contributed by atoms with Gasteiger partial charge in [-0.1, -0.05) is 5.10 Å². The first kappa shape index (κ1) is 10.3. The number of hydrogen-bond donors (Lipinski definition) is 1. The van der Waals surface area contributed by atoms with E-state index in [1.54, 1.807) is 11.3 Å². The third-order valence-corrected chi connectivity index (χ3v) is 4.10. The van der Waals surface area contributed by atoms with Crippen molar-refractivity contribution in [1.82, 2.24) is 10.2 Å². The molecule has 0 bridgehead atoms. The number of halogens is 1. The van der Waals surface area contributed by atoms with Gasteiger partial charge in [-0.15, -0.1) is 16.4 Å². The maximum atomic E-state index is 5.50. The Hall–Kier alpha value is -0.880. The zero-order valence-corrected chi connectivity index (χ0v) is 10.8. The summed E-state index contributed by atoms with van der Waals surface area (Å²) in [5.41, 5.74) is 0. The van der Waals surface area contributed by atoms with Crippen LogP contribution >= 0.6 is 27.3 Å². The van der Waals surface area contributed by atoms with Crippen LogP contribution in [0.15, 0.2) is 20.3 Å². The zero-order chi connectivity index (χ0) is 11.0. The minimum atomic E-state index is 0.513. The van der Waals surface area contributed by atoms with Gasteiger partial charge in [-0.05, 0) is 34.8 Å². The van der Waals surface area contributed by atoms with Crippen molar-refractivity contribution in [3.05, 3.63) is 26.7 Å². The molecule has 2 aromatic heterocycles. The molecule has 1 aliphatic carbocycles. The van der Waals surface area contributed by atoms with E-state index in [4.69, 9.17) is 4.42 Å². The molecule has 0 unspecified atom stereocenters. The second kappa shape index (κ2) is 4.18. The second-order valence-corrected chi connectivity index (χ2v) is 5.72. The van der Waals surface area contributed by atoms with Gasteiger partial charge in [-0.3, -0.25) is 0 Å². The number of rotatable bonds is 4. The van der Waals surface area contributed by atoms with Gasteiger partial charge in [-0.2, -0.15) is 0 Å². The highest BCUT2D eigenvalue weighted by molar-refractivity contribution is 9.10. The van der Waals surface area contributed by atoms with Gasteiger partial charge in [0, 0.05) is 20.6 Å². The van der Waals surface area contributed by atoms with Crippen molar-refractivity contribution in [2.75, 3.05) is 5.32 Å². The normalized spacial score (nSPS) is 15.3. The summed E-state index contributed by atoms with van der Waals surface area (Å²) in [6.45, 7) is 0.725. The highest BCUT2D eigenvalue weighted by atomic mass is 79.9. The van der Waals surface area contributed by atoms with Crippen LogP contribution in [-0.2, 0) is 6.54 Å². The summed E-state index contributed by atoms with van der Waals surface area (Å²) in [6, 6.07) is 2.60. The minimum absolute atomic E-state index is 0.513. The molecule has 4 nitrogen and oxygen atoms in total. The van der Waals surface area contributed by atoms with E-state index < -0.39 is 0 Å². The summed E-state index contributed by atoms with van der Waals surface area (Å²) >= 11 is 5.12. The molecule has 0 amide bonds. The van der Waals surface area contributed by atoms with E-state index in [1.165, 1.54) is 17.7 Å². The third-order valence-electron chi connectivity index (χ3n) is 2.40. The quantitative estimate of drug-likeness (QED) is 0.940. The van der Waals surface area contributed by atoms with E-state index in [-0.39, 0.29) is 0 Å². The summed E-state index contributed by atoms with van der Waals surface area (Å²) in [5, 5.41) is 13.2. The van der Waals surface area contributed by atoms with Gasteiger partial charge in [0.05, 0.1) is 6.54 Å². The van der Waals surface area contributed by atoms with Gasteiger partial charge in [0.2, 0.25) is 5.89 Å². The first-order chi connectivity index (χ1) is 7.81. The Morgan fingerprint density at radius 2 is 2.38 bits per heavy atom. The van der Waals surface area contributed by atoms with Crippen molar-refractivity contribution >= 4 is 33.3 Å². The highest BCUT2D eigenvalue weighted by Gasteiger charge is 2.29. The molecule has 0 spiro atoms. The number of nitrogens with one attached hydrogen (secondary N) is 1. The fourth-order valence-corrected chi connectivity index (χ4v) is 2.80. The van der Waals surface area contributed by atoms with Gasteiger partial charge in [0.1, 0.15) is 0 Å². The van der Waals surface area contributed by atoms with Crippen molar-refractivity contribution in [3.63, 3.8) is 0 Å². The molecule has 1 saturated carbocycles. The molecule has 1 fully saturated rings. The fraction of sp³-hybridized carbons (Fsp3) is 0.400. The lowest BCUT2D eigenvalue weighted by Gasteiger charge is -1.96. The van der Waals surface area contributed by atoms with E-state index in [0.717, 1.165) is 16.9 Å². The predicted molar refractivity (Wildman–Crippen MR) is 65.6 cm³/mol. The summed E-state index contributed by atoms with van der Waals surface area (Å²) < 4.78 is 6.61. The molecule has 84 valence electrons. The number of hydrogen-bond acceptors (Lipinski definition) is 5.